The van der Waals surface area contributed by atoms with E-state index in [2.05, 4.69) is 13.8 Å². The second kappa shape index (κ2) is 13.2. The highest BCUT2D eigenvalue weighted by atomic mass is 32.2. The van der Waals surface area contributed by atoms with E-state index in [1.54, 1.807) is 30.3 Å². The molecule has 2 fully saturated rings. The highest BCUT2D eigenvalue weighted by molar-refractivity contribution is 7.99. The summed E-state index contributed by atoms with van der Waals surface area (Å²) in [7, 11) is 0. The van der Waals surface area contributed by atoms with Crippen molar-refractivity contribution in [1.29, 1.82) is 0 Å². The monoisotopic (exact) mass is 611 g/mol. The summed E-state index contributed by atoms with van der Waals surface area (Å²) >= 11 is 1.33. The largest absolute Gasteiger partial charge is 0.494 e. The molecule has 0 saturated heterocycles. The molecule has 0 aromatic heterocycles. The number of fused-ring (bicyclic) bond motifs is 3. The maximum Gasteiger partial charge on any atom is 0.340 e. The van der Waals surface area contributed by atoms with Gasteiger partial charge in [-0.05, 0) is 86.6 Å². The van der Waals surface area contributed by atoms with Crippen LogP contribution in [0.2, 0.25) is 0 Å². The molecule has 0 aliphatic heterocycles. The molecule has 6 rings (SSSR count). The number of rotatable bonds is 9. The highest BCUT2D eigenvalue weighted by Crippen LogP contribution is 2.45. The molecule has 2 unspecified atom stereocenters. The number of anilines is 1. The summed E-state index contributed by atoms with van der Waals surface area (Å²) in [6.07, 6.45) is 9.60. The molecule has 3 aliphatic rings. The Bertz CT molecular complexity index is 1560. The number of ether oxygens (including phenoxy) is 2. The first-order valence-corrected chi connectivity index (χ1v) is 17.0. The third-order valence-corrected chi connectivity index (χ3v) is 10.8. The molecule has 0 bridgehead atoms. The van der Waals surface area contributed by atoms with Crippen LogP contribution in [-0.2, 0) is 4.74 Å². The fourth-order valence-electron chi connectivity index (χ4n) is 7.23. The van der Waals surface area contributed by atoms with Crippen molar-refractivity contribution in [2.45, 2.75) is 87.5 Å². The number of hydrogen-bond donors (Lipinski definition) is 1. The smallest absolute Gasteiger partial charge is 0.340 e. The van der Waals surface area contributed by atoms with Gasteiger partial charge in [-0.2, -0.15) is 0 Å². The van der Waals surface area contributed by atoms with Crippen LogP contribution in [0, 0.1) is 17.8 Å². The minimum atomic E-state index is -0.531. The van der Waals surface area contributed by atoms with Gasteiger partial charge in [-0.15, -0.1) is 0 Å². The second-order valence-corrected chi connectivity index (χ2v) is 13.6. The molecule has 3 aromatic carbocycles. The van der Waals surface area contributed by atoms with Crippen molar-refractivity contribution in [3.05, 3.63) is 82.4 Å². The molecule has 4 atom stereocenters. The molecule has 2 saturated carbocycles. The lowest BCUT2D eigenvalue weighted by molar-refractivity contribution is -0.00586. The predicted octanol–water partition coefficient (Wildman–Crippen LogP) is 8.53. The van der Waals surface area contributed by atoms with Crippen LogP contribution >= 0.6 is 11.8 Å². The Morgan fingerprint density at radius 2 is 1.57 bits per heavy atom. The third kappa shape index (κ3) is 6.03. The fraction of sp³-hybridized carbons (Fsp3) is 0.432. The van der Waals surface area contributed by atoms with Crippen LogP contribution < -0.4 is 10.5 Å². The zero-order valence-corrected chi connectivity index (χ0v) is 26.4. The molecule has 230 valence electrons. The summed E-state index contributed by atoms with van der Waals surface area (Å²) in [5.74, 6) is 1.73. The van der Waals surface area contributed by atoms with Crippen molar-refractivity contribution in [3.63, 3.8) is 0 Å². The van der Waals surface area contributed by atoms with E-state index >= 15 is 0 Å². The Labute approximate surface area is 264 Å². The van der Waals surface area contributed by atoms with Gasteiger partial charge in [0.1, 0.15) is 11.9 Å². The average molecular weight is 612 g/mol. The van der Waals surface area contributed by atoms with E-state index in [-0.39, 0.29) is 40.0 Å². The first-order valence-electron chi connectivity index (χ1n) is 16.1. The SMILES string of the molecule is CCCCOc1ccc(Sc2cc(C(=O)O[C@@H]3CC[C@@H]4CC(CC)CCC4C3)c(N)c3c2C(=O)c2ccccc2C3=O)cc1. The van der Waals surface area contributed by atoms with E-state index in [0.717, 1.165) is 48.7 Å². The van der Waals surface area contributed by atoms with Crippen molar-refractivity contribution >= 4 is 35.0 Å². The number of benzene rings is 3. The summed E-state index contributed by atoms with van der Waals surface area (Å²) in [5, 5.41) is 0. The molecule has 3 aliphatic carbocycles. The van der Waals surface area contributed by atoms with Crippen molar-refractivity contribution in [2.75, 3.05) is 12.3 Å². The quantitative estimate of drug-likeness (QED) is 0.115. The van der Waals surface area contributed by atoms with Gasteiger partial charge in [0.15, 0.2) is 11.6 Å². The van der Waals surface area contributed by atoms with Gasteiger partial charge in [-0.3, -0.25) is 9.59 Å². The van der Waals surface area contributed by atoms with Gasteiger partial charge in [0.25, 0.3) is 0 Å². The molecule has 0 amide bonds. The van der Waals surface area contributed by atoms with E-state index in [4.69, 9.17) is 15.2 Å². The minimum Gasteiger partial charge on any atom is -0.494 e. The van der Waals surface area contributed by atoms with E-state index < -0.39 is 5.97 Å². The third-order valence-electron chi connectivity index (χ3n) is 9.76. The molecular formula is C37H41NO5S. The van der Waals surface area contributed by atoms with E-state index in [1.165, 1.54) is 37.4 Å². The summed E-state index contributed by atoms with van der Waals surface area (Å²) in [4.78, 5) is 42.8. The van der Waals surface area contributed by atoms with Gasteiger partial charge in [-0.25, -0.2) is 4.79 Å². The Balaban J connectivity index is 1.30. The summed E-state index contributed by atoms with van der Waals surface area (Å²) < 4.78 is 11.9. The van der Waals surface area contributed by atoms with Gasteiger partial charge in [0.2, 0.25) is 0 Å². The maximum absolute atomic E-state index is 13.8. The zero-order valence-electron chi connectivity index (χ0n) is 25.6. The first-order chi connectivity index (χ1) is 21.4. The summed E-state index contributed by atoms with van der Waals surface area (Å²) in [6.45, 7) is 5.05. The lowest BCUT2D eigenvalue weighted by Crippen LogP contribution is -2.35. The highest BCUT2D eigenvalue weighted by Gasteiger charge is 2.39. The molecule has 0 radical (unpaired) electrons. The summed E-state index contributed by atoms with van der Waals surface area (Å²) in [5.41, 5.74) is 7.72. The molecule has 2 N–H and O–H groups in total. The second-order valence-electron chi connectivity index (χ2n) is 12.5. The fourth-order valence-corrected chi connectivity index (χ4v) is 8.23. The van der Waals surface area contributed by atoms with Gasteiger partial charge in [0.05, 0.1) is 23.4 Å². The van der Waals surface area contributed by atoms with Gasteiger partial charge >= 0.3 is 5.97 Å². The Morgan fingerprint density at radius 1 is 0.886 bits per heavy atom. The van der Waals surface area contributed by atoms with E-state index in [9.17, 15) is 14.4 Å². The van der Waals surface area contributed by atoms with Crippen LogP contribution in [0.5, 0.6) is 5.75 Å². The summed E-state index contributed by atoms with van der Waals surface area (Å²) in [6, 6.07) is 16.0. The Hall–Kier alpha value is -3.58. The average Bonchev–Trinajstić information content (AvgIpc) is 3.04. The standard InChI is InChI=1S/C37H41NO5S/c1-3-5-18-42-25-14-16-27(17-15-25)44-31-21-30(34(38)33-32(31)35(39)28-8-6-7-9-29(28)36(33)40)37(41)43-26-13-12-23-19-22(4-2)10-11-24(23)20-26/h6-9,14-17,21-24,26H,3-5,10-13,18-20,38H2,1-2H3/t22?,23-,24?,26-/m1/s1. The van der Waals surface area contributed by atoms with Gasteiger partial charge < -0.3 is 15.2 Å². The topological polar surface area (TPSA) is 95.7 Å². The van der Waals surface area contributed by atoms with Gasteiger partial charge in [-0.1, -0.05) is 69.1 Å². The first kappa shape index (κ1) is 30.4. The van der Waals surface area contributed by atoms with Crippen LogP contribution in [0.3, 0.4) is 0 Å². The van der Waals surface area contributed by atoms with Crippen molar-refractivity contribution < 1.29 is 23.9 Å². The van der Waals surface area contributed by atoms with Crippen LogP contribution in [0.15, 0.2) is 64.4 Å². The number of ketones is 2. The van der Waals surface area contributed by atoms with Crippen molar-refractivity contribution in [1.82, 2.24) is 0 Å². The maximum atomic E-state index is 13.8. The predicted molar refractivity (Wildman–Crippen MR) is 173 cm³/mol. The van der Waals surface area contributed by atoms with Crippen molar-refractivity contribution in [2.24, 2.45) is 17.8 Å². The van der Waals surface area contributed by atoms with Crippen LogP contribution in [0.1, 0.15) is 114 Å². The number of nitrogens with two attached hydrogens (primary N) is 1. The molecule has 0 spiro atoms. The normalized spacial score (nSPS) is 22.5. The minimum absolute atomic E-state index is 0.0130. The molecule has 3 aromatic rings. The molecular weight excluding hydrogens is 570 g/mol. The number of nitrogen functional groups attached to an aromatic ring is 1. The number of hydrogen-bond acceptors (Lipinski definition) is 7. The van der Waals surface area contributed by atoms with Gasteiger partial charge in [0, 0.05) is 26.5 Å². The molecule has 6 nitrogen and oxygen atoms in total. The Morgan fingerprint density at radius 3 is 2.27 bits per heavy atom. The number of unbranched alkanes of at least 4 members (excludes halogenated alkanes) is 1. The van der Waals surface area contributed by atoms with Crippen LogP contribution in [0.4, 0.5) is 5.69 Å². The Kier molecular flexibility index (Phi) is 9.13. The molecule has 7 heteroatoms. The number of carbonyl (C=O) groups is 3. The molecule has 44 heavy (non-hydrogen) atoms. The van der Waals surface area contributed by atoms with Crippen LogP contribution in [0.25, 0.3) is 0 Å². The lowest BCUT2D eigenvalue weighted by atomic mass is 9.66. The zero-order chi connectivity index (χ0) is 30.8. The lowest BCUT2D eigenvalue weighted by Gasteiger charge is -2.41. The van der Waals surface area contributed by atoms with Crippen molar-refractivity contribution in [3.8, 4) is 5.75 Å². The number of esters is 1. The number of carbonyl (C=O) groups excluding carboxylic acids is 3. The van der Waals surface area contributed by atoms with E-state index in [0.29, 0.717) is 34.5 Å². The van der Waals surface area contributed by atoms with E-state index in [1.807, 2.05) is 24.3 Å². The molecule has 0 heterocycles. The van der Waals surface area contributed by atoms with Crippen LogP contribution in [-0.4, -0.2) is 30.2 Å².